The third kappa shape index (κ3) is 6.80. The second kappa shape index (κ2) is 13.0. The number of hydrogen-bond donors (Lipinski definition) is 6. The van der Waals surface area contributed by atoms with E-state index in [-0.39, 0.29) is 45.1 Å². The van der Waals surface area contributed by atoms with Crippen LogP contribution < -0.4 is 14.2 Å². The Labute approximate surface area is 238 Å². The minimum absolute atomic E-state index is 0.00707. The van der Waals surface area contributed by atoms with Gasteiger partial charge in [-0.15, -0.1) is 0 Å². The molecule has 0 amide bonds. The van der Waals surface area contributed by atoms with Gasteiger partial charge in [-0.2, -0.15) is 0 Å². The van der Waals surface area contributed by atoms with Crippen molar-refractivity contribution in [3.05, 3.63) is 70.8 Å². The van der Waals surface area contributed by atoms with Gasteiger partial charge in [-0.3, -0.25) is 0 Å². The quantitative estimate of drug-likeness (QED) is 0.139. The molecule has 0 saturated heterocycles. The molecule has 6 N–H and O–H groups in total. The van der Waals surface area contributed by atoms with E-state index in [1.54, 1.807) is 0 Å². The number of carboxylic acids is 3. The van der Waals surface area contributed by atoms with Crippen molar-refractivity contribution in [3.63, 3.8) is 0 Å². The molecule has 0 radical (unpaired) electrons. The summed E-state index contributed by atoms with van der Waals surface area (Å²) in [5, 5.41) is 60.6. The maximum absolute atomic E-state index is 12.4. The van der Waals surface area contributed by atoms with Crippen LogP contribution in [0.15, 0.2) is 48.6 Å². The van der Waals surface area contributed by atoms with Crippen molar-refractivity contribution in [1.82, 2.24) is 0 Å². The zero-order valence-corrected chi connectivity index (χ0v) is 22.5. The van der Waals surface area contributed by atoms with Crippen molar-refractivity contribution in [1.29, 1.82) is 0 Å². The fourth-order valence-corrected chi connectivity index (χ4v) is 4.00. The van der Waals surface area contributed by atoms with Crippen LogP contribution in [0.5, 0.6) is 34.5 Å². The van der Waals surface area contributed by atoms with Crippen molar-refractivity contribution in [2.45, 2.75) is 0 Å². The molecular formula is C30H26O12. The zero-order valence-electron chi connectivity index (χ0n) is 22.5. The number of phenols is 3. The van der Waals surface area contributed by atoms with Crippen molar-refractivity contribution in [2.24, 2.45) is 0 Å². The van der Waals surface area contributed by atoms with Crippen molar-refractivity contribution < 1.29 is 59.2 Å². The van der Waals surface area contributed by atoms with E-state index in [9.17, 15) is 34.8 Å². The van der Waals surface area contributed by atoms with Gasteiger partial charge in [0.1, 0.15) is 0 Å². The highest BCUT2D eigenvalue weighted by atomic mass is 16.5. The Bertz CT molecular complexity index is 1650. The summed E-state index contributed by atoms with van der Waals surface area (Å²) in [5.41, 5.74) is 0.0177. The Kier molecular flexibility index (Phi) is 9.45. The predicted molar refractivity (Wildman–Crippen MR) is 152 cm³/mol. The molecule has 3 rings (SSSR count). The Morgan fingerprint density at radius 2 is 1.00 bits per heavy atom. The molecule has 0 aliphatic rings. The summed E-state index contributed by atoms with van der Waals surface area (Å²) in [4.78, 5) is 34.4. The summed E-state index contributed by atoms with van der Waals surface area (Å²) in [7, 11) is 3.78. The second-order valence-corrected chi connectivity index (χ2v) is 8.56. The minimum Gasteiger partial charge on any atom is -0.504 e. The molecule has 0 aliphatic heterocycles. The highest BCUT2D eigenvalue weighted by molar-refractivity contribution is 6.21. The maximum Gasteiger partial charge on any atom is 0.336 e. The highest BCUT2D eigenvalue weighted by Crippen LogP contribution is 2.46. The van der Waals surface area contributed by atoms with Crippen molar-refractivity contribution in [3.8, 4) is 45.6 Å². The summed E-state index contributed by atoms with van der Waals surface area (Å²) in [6.07, 6.45) is 5.30. The van der Waals surface area contributed by atoms with E-state index >= 15 is 0 Å². The lowest BCUT2D eigenvalue weighted by Gasteiger charge is -2.16. The summed E-state index contributed by atoms with van der Waals surface area (Å²) in [6.45, 7) is 0. The summed E-state index contributed by atoms with van der Waals surface area (Å²) >= 11 is 0. The summed E-state index contributed by atoms with van der Waals surface area (Å²) in [6, 6.07) is 7.98. The van der Waals surface area contributed by atoms with E-state index in [0.717, 1.165) is 18.2 Å². The molecule has 0 heterocycles. The molecule has 218 valence electrons. The first kappa shape index (κ1) is 30.6. The number of methoxy groups -OCH3 is 3. The first-order valence-electron chi connectivity index (χ1n) is 11.9. The molecule has 42 heavy (non-hydrogen) atoms. The molecule has 0 fully saturated rings. The lowest BCUT2D eigenvalue weighted by molar-refractivity contribution is -0.132. The Morgan fingerprint density at radius 1 is 0.595 bits per heavy atom. The van der Waals surface area contributed by atoms with Gasteiger partial charge in [0.25, 0.3) is 0 Å². The van der Waals surface area contributed by atoms with E-state index in [1.807, 2.05) is 0 Å². The van der Waals surface area contributed by atoms with Gasteiger partial charge in [-0.05, 0) is 71.3 Å². The first-order valence-corrected chi connectivity index (χ1v) is 11.9. The lowest BCUT2D eigenvalue weighted by Crippen LogP contribution is -2.02. The third-order valence-corrected chi connectivity index (χ3v) is 5.91. The van der Waals surface area contributed by atoms with Crippen LogP contribution in [0.4, 0.5) is 0 Å². The topological polar surface area (TPSA) is 200 Å². The van der Waals surface area contributed by atoms with Crippen LogP contribution in [0.1, 0.15) is 22.3 Å². The van der Waals surface area contributed by atoms with Crippen molar-refractivity contribution in [2.75, 3.05) is 21.3 Å². The second-order valence-electron chi connectivity index (χ2n) is 8.56. The number of aliphatic carboxylic acids is 3. The molecule has 12 nitrogen and oxygen atoms in total. The smallest absolute Gasteiger partial charge is 0.336 e. The normalized spacial score (nSPS) is 11.5. The van der Waals surface area contributed by atoms with E-state index in [2.05, 4.69) is 0 Å². The molecule has 0 unspecified atom stereocenters. The van der Waals surface area contributed by atoms with Crippen LogP contribution in [0.3, 0.4) is 0 Å². The zero-order chi connectivity index (χ0) is 31.1. The van der Waals surface area contributed by atoms with Gasteiger partial charge in [0.2, 0.25) is 0 Å². The van der Waals surface area contributed by atoms with Gasteiger partial charge in [-0.1, -0.05) is 0 Å². The number of carbonyl (C=O) groups is 3. The summed E-state index contributed by atoms with van der Waals surface area (Å²) in [5.74, 6) is -5.53. The number of ether oxygens (including phenoxy) is 3. The van der Waals surface area contributed by atoms with Gasteiger partial charge in [0.05, 0.1) is 26.9 Å². The largest absolute Gasteiger partial charge is 0.504 e. The molecule has 3 aromatic rings. The number of phenolic OH excluding ortho intramolecular Hbond substituents is 3. The Balaban J connectivity index is 2.32. The number of rotatable bonds is 11. The number of hydrogen-bond acceptors (Lipinski definition) is 9. The monoisotopic (exact) mass is 578 g/mol. The number of carboxylic acid groups (broad SMARTS) is 3. The van der Waals surface area contributed by atoms with Gasteiger partial charge in [-0.25, -0.2) is 14.4 Å². The molecule has 0 aromatic heterocycles. The van der Waals surface area contributed by atoms with Crippen LogP contribution in [0.25, 0.3) is 34.9 Å². The molecular weight excluding hydrogens is 552 g/mol. The van der Waals surface area contributed by atoms with E-state index in [0.29, 0.717) is 5.56 Å². The highest BCUT2D eigenvalue weighted by Gasteiger charge is 2.22. The fourth-order valence-electron chi connectivity index (χ4n) is 4.00. The van der Waals surface area contributed by atoms with Gasteiger partial charge in [0.15, 0.2) is 34.5 Å². The third-order valence-electron chi connectivity index (χ3n) is 5.91. The van der Waals surface area contributed by atoms with E-state index in [1.165, 1.54) is 69.9 Å². The van der Waals surface area contributed by atoms with Crippen LogP contribution in [-0.4, -0.2) is 69.9 Å². The average molecular weight is 579 g/mol. The van der Waals surface area contributed by atoms with Crippen LogP contribution in [0, 0.1) is 0 Å². The molecule has 0 bridgehead atoms. The summed E-state index contributed by atoms with van der Waals surface area (Å²) < 4.78 is 15.6. The first-order chi connectivity index (χ1) is 19.9. The Hall–Kier alpha value is -5.91. The van der Waals surface area contributed by atoms with E-state index < -0.39 is 40.7 Å². The lowest BCUT2D eigenvalue weighted by atomic mass is 9.95. The molecule has 3 aromatic carbocycles. The molecule has 0 spiro atoms. The van der Waals surface area contributed by atoms with Gasteiger partial charge < -0.3 is 44.8 Å². The number of aromatic hydroxyl groups is 3. The standard InChI is InChI=1S/C30H26O12/c1-40-22-12-15(4-6-25(31)32)8-18(27(22)35)19-10-17(14-24(42-3)28(19)36)11-21(30(38)39)20-9-16(5-7-26(33)34)13-23(41-2)29(20)37/h4-14,35-37H,1-3H3,(H,31,32)(H,33,34)(H,38,39)/b6-4+,7-5+,21-11-. The molecule has 0 atom stereocenters. The van der Waals surface area contributed by atoms with E-state index in [4.69, 9.17) is 24.4 Å². The fraction of sp³-hybridized carbons (Fsp3) is 0.100. The number of benzene rings is 3. The average Bonchev–Trinajstić information content (AvgIpc) is 2.95. The molecule has 12 heteroatoms. The van der Waals surface area contributed by atoms with Crippen LogP contribution >= 0.6 is 0 Å². The van der Waals surface area contributed by atoms with Gasteiger partial charge >= 0.3 is 17.9 Å². The molecule has 0 aliphatic carbocycles. The van der Waals surface area contributed by atoms with Crippen molar-refractivity contribution >= 4 is 41.7 Å². The maximum atomic E-state index is 12.4. The minimum atomic E-state index is -1.47. The molecule has 0 saturated carbocycles. The Morgan fingerprint density at radius 3 is 1.43 bits per heavy atom. The van der Waals surface area contributed by atoms with Crippen LogP contribution in [0.2, 0.25) is 0 Å². The van der Waals surface area contributed by atoms with Gasteiger partial charge in [0, 0.05) is 28.8 Å². The van der Waals surface area contributed by atoms with Crippen LogP contribution in [-0.2, 0) is 14.4 Å². The SMILES string of the molecule is COc1cc(/C=C/C(=O)O)cc(/C(=C/c2cc(OC)c(O)c(-c3cc(/C=C/C(=O)O)cc(OC)c3O)c2)C(=O)O)c1O. The predicted octanol–water partition coefficient (Wildman–Crippen LogP) is 4.32.